The van der Waals surface area contributed by atoms with Crippen LogP contribution in [-0.2, 0) is 0 Å². The fourth-order valence-electron chi connectivity index (χ4n) is 2.62. The molecule has 1 aromatic heterocycles. The van der Waals surface area contributed by atoms with Crippen molar-refractivity contribution >= 4 is 11.8 Å². The zero-order chi connectivity index (χ0) is 14.5. The van der Waals surface area contributed by atoms with E-state index < -0.39 is 5.97 Å². The molecule has 20 heavy (non-hydrogen) atoms. The summed E-state index contributed by atoms with van der Waals surface area (Å²) in [6.07, 6.45) is 3.88. The van der Waals surface area contributed by atoms with Crippen molar-refractivity contribution in [2.75, 3.05) is 25.0 Å². The number of hydrogen-bond donors (Lipinski definition) is 2. The fourth-order valence-corrected chi connectivity index (χ4v) is 2.62. The van der Waals surface area contributed by atoms with Crippen LogP contribution in [0.5, 0.6) is 0 Å². The number of likely N-dealkylation sites (tertiary alicyclic amines) is 1. The summed E-state index contributed by atoms with van der Waals surface area (Å²) in [6.45, 7) is 7.11. The fraction of sp³-hybridized carbons (Fsp3) is 0.600. The highest BCUT2D eigenvalue weighted by molar-refractivity contribution is 5.88. The number of nitrogens with one attached hydrogen (secondary N) is 1. The number of hydrogen-bond acceptors (Lipinski definition) is 4. The second-order valence-electron chi connectivity index (χ2n) is 5.51. The third-order valence-corrected chi connectivity index (χ3v) is 3.79. The van der Waals surface area contributed by atoms with E-state index in [0.717, 1.165) is 25.3 Å². The minimum Gasteiger partial charge on any atom is -0.478 e. The van der Waals surface area contributed by atoms with Gasteiger partial charge in [-0.05, 0) is 51.9 Å². The summed E-state index contributed by atoms with van der Waals surface area (Å²) in [4.78, 5) is 17.8. The maximum Gasteiger partial charge on any atom is 0.335 e. The van der Waals surface area contributed by atoms with Crippen LogP contribution in [0.1, 0.15) is 42.2 Å². The third-order valence-electron chi connectivity index (χ3n) is 3.79. The van der Waals surface area contributed by atoms with E-state index in [0.29, 0.717) is 11.9 Å². The molecular weight excluding hydrogens is 254 g/mol. The maximum absolute atomic E-state index is 11.0. The zero-order valence-electron chi connectivity index (χ0n) is 12.2. The average Bonchev–Trinajstić information content (AvgIpc) is 2.45. The molecule has 2 heterocycles. The molecule has 0 spiro atoms. The van der Waals surface area contributed by atoms with Gasteiger partial charge < -0.3 is 10.4 Å². The molecule has 0 bridgehead atoms. The van der Waals surface area contributed by atoms with Crippen molar-refractivity contribution in [2.45, 2.75) is 39.2 Å². The Balaban J connectivity index is 1.94. The number of aromatic nitrogens is 1. The van der Waals surface area contributed by atoms with E-state index in [2.05, 4.69) is 22.1 Å². The van der Waals surface area contributed by atoms with Crippen LogP contribution in [0.4, 0.5) is 5.82 Å². The monoisotopic (exact) mass is 277 g/mol. The number of pyridine rings is 1. The van der Waals surface area contributed by atoms with Crippen molar-refractivity contribution in [3.8, 4) is 0 Å². The number of nitrogens with zero attached hydrogens (tertiary/aromatic N) is 2. The molecule has 0 aliphatic carbocycles. The lowest BCUT2D eigenvalue weighted by Gasteiger charge is -2.32. The van der Waals surface area contributed by atoms with E-state index in [-0.39, 0.29) is 5.56 Å². The summed E-state index contributed by atoms with van der Waals surface area (Å²) in [5, 5.41) is 12.3. The minimum absolute atomic E-state index is 0.283. The first-order chi connectivity index (χ1) is 9.56. The highest BCUT2D eigenvalue weighted by atomic mass is 16.4. The molecule has 1 unspecified atom stereocenters. The predicted octanol–water partition coefficient (Wildman–Crippen LogP) is 2.37. The van der Waals surface area contributed by atoms with E-state index in [1.807, 2.05) is 6.92 Å². The highest BCUT2D eigenvalue weighted by Gasteiger charge is 2.16. The lowest BCUT2D eigenvalue weighted by Crippen LogP contribution is -2.41. The number of carbonyl (C=O) groups is 1. The Kier molecular flexibility index (Phi) is 4.95. The van der Waals surface area contributed by atoms with Gasteiger partial charge in [0.2, 0.25) is 0 Å². The summed E-state index contributed by atoms with van der Waals surface area (Å²) in [5.41, 5.74) is 1.00. The number of aromatic carboxylic acids is 1. The summed E-state index contributed by atoms with van der Waals surface area (Å²) < 4.78 is 0. The molecule has 1 aromatic rings. The van der Waals surface area contributed by atoms with Crippen molar-refractivity contribution < 1.29 is 9.90 Å². The lowest BCUT2D eigenvalue weighted by molar-refractivity contribution is 0.0696. The van der Waals surface area contributed by atoms with Crippen LogP contribution < -0.4 is 5.32 Å². The Bertz CT molecular complexity index is 470. The van der Waals surface area contributed by atoms with Crippen LogP contribution in [0.25, 0.3) is 0 Å². The van der Waals surface area contributed by atoms with Gasteiger partial charge in [-0.25, -0.2) is 9.78 Å². The molecule has 5 heteroatoms. The maximum atomic E-state index is 11.0. The van der Waals surface area contributed by atoms with E-state index in [9.17, 15) is 4.79 Å². The first-order valence-electron chi connectivity index (χ1n) is 7.26. The molecule has 5 nitrogen and oxygen atoms in total. The lowest BCUT2D eigenvalue weighted by atomic mass is 10.1. The zero-order valence-corrected chi connectivity index (χ0v) is 12.2. The molecule has 1 aliphatic rings. The predicted molar refractivity (Wildman–Crippen MR) is 79.3 cm³/mol. The van der Waals surface area contributed by atoms with Crippen LogP contribution in [0.3, 0.4) is 0 Å². The Morgan fingerprint density at radius 1 is 1.40 bits per heavy atom. The van der Waals surface area contributed by atoms with Gasteiger partial charge in [0.05, 0.1) is 5.56 Å². The van der Waals surface area contributed by atoms with Gasteiger partial charge in [0.1, 0.15) is 5.82 Å². The molecule has 0 radical (unpaired) electrons. The van der Waals surface area contributed by atoms with Gasteiger partial charge >= 0.3 is 5.97 Å². The largest absolute Gasteiger partial charge is 0.478 e. The molecule has 1 fully saturated rings. The van der Waals surface area contributed by atoms with Crippen LogP contribution in [0.2, 0.25) is 0 Å². The van der Waals surface area contributed by atoms with Crippen molar-refractivity contribution in [1.29, 1.82) is 0 Å². The van der Waals surface area contributed by atoms with Crippen molar-refractivity contribution in [3.05, 3.63) is 23.4 Å². The SMILES string of the molecule is Cc1cc(C(=O)O)cc(NCC(C)N2CCCCC2)n1. The summed E-state index contributed by atoms with van der Waals surface area (Å²) in [6, 6.07) is 3.62. The first-order valence-corrected chi connectivity index (χ1v) is 7.26. The van der Waals surface area contributed by atoms with Crippen LogP contribution >= 0.6 is 0 Å². The number of rotatable bonds is 5. The normalized spacial score (nSPS) is 17.7. The van der Waals surface area contributed by atoms with Gasteiger partial charge in [0.15, 0.2) is 0 Å². The molecular formula is C15H23N3O2. The van der Waals surface area contributed by atoms with Gasteiger partial charge in [0.25, 0.3) is 0 Å². The van der Waals surface area contributed by atoms with Gasteiger partial charge in [-0.1, -0.05) is 6.42 Å². The Labute approximate surface area is 120 Å². The van der Waals surface area contributed by atoms with Gasteiger partial charge in [-0.15, -0.1) is 0 Å². The van der Waals surface area contributed by atoms with Gasteiger partial charge in [-0.3, -0.25) is 4.90 Å². The number of anilines is 1. The van der Waals surface area contributed by atoms with E-state index in [1.165, 1.54) is 19.3 Å². The molecule has 1 saturated heterocycles. The molecule has 0 aromatic carbocycles. The van der Waals surface area contributed by atoms with Crippen molar-refractivity contribution in [3.63, 3.8) is 0 Å². The summed E-state index contributed by atoms with van der Waals surface area (Å²) >= 11 is 0. The number of carboxylic acids is 1. The van der Waals surface area contributed by atoms with E-state index in [4.69, 9.17) is 5.11 Å². The molecule has 1 aliphatic heterocycles. The standard InChI is InChI=1S/C15H23N3O2/c1-11-8-13(15(19)20)9-14(17-11)16-10-12(2)18-6-4-3-5-7-18/h8-9,12H,3-7,10H2,1-2H3,(H,16,17)(H,19,20). The van der Waals surface area contributed by atoms with Gasteiger partial charge in [-0.2, -0.15) is 0 Å². The van der Waals surface area contributed by atoms with Crippen LogP contribution in [0.15, 0.2) is 12.1 Å². The van der Waals surface area contributed by atoms with Crippen LogP contribution in [-0.4, -0.2) is 46.6 Å². The van der Waals surface area contributed by atoms with Crippen molar-refractivity contribution in [2.24, 2.45) is 0 Å². The molecule has 2 rings (SSSR count). The van der Waals surface area contributed by atoms with Gasteiger partial charge in [0, 0.05) is 18.3 Å². The van der Waals surface area contributed by atoms with Crippen molar-refractivity contribution in [1.82, 2.24) is 9.88 Å². The smallest absolute Gasteiger partial charge is 0.335 e. The number of carboxylic acid groups (broad SMARTS) is 1. The molecule has 2 N–H and O–H groups in total. The molecule has 110 valence electrons. The van der Waals surface area contributed by atoms with Crippen LogP contribution in [0, 0.1) is 6.92 Å². The highest BCUT2D eigenvalue weighted by Crippen LogP contribution is 2.14. The summed E-state index contributed by atoms with van der Waals surface area (Å²) in [5.74, 6) is -0.270. The quantitative estimate of drug-likeness (QED) is 0.865. The average molecular weight is 277 g/mol. The first kappa shape index (κ1) is 14.8. The molecule has 1 atom stereocenters. The Hall–Kier alpha value is -1.62. The topological polar surface area (TPSA) is 65.5 Å². The summed E-state index contributed by atoms with van der Waals surface area (Å²) in [7, 11) is 0. The number of aryl methyl sites for hydroxylation is 1. The molecule has 0 saturated carbocycles. The second kappa shape index (κ2) is 6.70. The number of piperidine rings is 1. The van der Waals surface area contributed by atoms with E-state index in [1.54, 1.807) is 12.1 Å². The Morgan fingerprint density at radius 3 is 2.75 bits per heavy atom. The Morgan fingerprint density at radius 2 is 2.10 bits per heavy atom. The minimum atomic E-state index is -0.914. The second-order valence-corrected chi connectivity index (χ2v) is 5.51. The third kappa shape index (κ3) is 3.93. The molecule has 0 amide bonds. The van der Waals surface area contributed by atoms with E-state index >= 15 is 0 Å².